The molecule has 0 saturated carbocycles. The van der Waals surface area contributed by atoms with Crippen molar-refractivity contribution in [3.63, 3.8) is 0 Å². The first-order valence-corrected chi connectivity index (χ1v) is 24.6. The van der Waals surface area contributed by atoms with E-state index < -0.39 is 0 Å². The first-order valence-electron chi connectivity index (χ1n) is 24.6. The standard InChI is InChI=1S/C63H70N4O/c1-40(2)45-31-42(5)58(54(35-45)41(3)4)44-23-20-24-48(32-44)65-39-66(60(63(12,13)14)59(65)62(9,10)11)49-33-46(43-21-16-15-17-22-43)34-51(37-49)68-50-27-28-53-52-25-18-19-26-55(52)67(56(53)38-50)57-36-47(29-30-64-57)61(6,7)8/h15-38,40-41H,39H2,1-14H3. The Bertz CT molecular complexity index is 3200. The van der Waals surface area contributed by atoms with Gasteiger partial charge in [0.1, 0.15) is 17.3 Å². The number of aromatic nitrogens is 2. The zero-order chi connectivity index (χ0) is 48.4. The summed E-state index contributed by atoms with van der Waals surface area (Å²) in [5, 5.41) is 2.35. The molecule has 6 aromatic carbocycles. The number of aryl methyl sites for hydroxylation is 1. The fourth-order valence-electron chi connectivity index (χ4n) is 10.3. The van der Waals surface area contributed by atoms with Crippen LogP contribution in [0.25, 0.3) is 49.9 Å². The van der Waals surface area contributed by atoms with E-state index in [4.69, 9.17) is 9.72 Å². The van der Waals surface area contributed by atoms with Gasteiger partial charge in [-0.05, 0) is 123 Å². The number of anilines is 2. The number of nitrogens with zero attached hydrogens (tertiary/aromatic N) is 4. The molecular formula is C63H70N4O. The smallest absolute Gasteiger partial charge is 0.137 e. The molecule has 0 spiro atoms. The van der Waals surface area contributed by atoms with Gasteiger partial charge < -0.3 is 14.5 Å². The van der Waals surface area contributed by atoms with E-state index in [1.165, 1.54) is 55.8 Å². The molecule has 3 heterocycles. The molecular weight excluding hydrogens is 829 g/mol. The number of pyridine rings is 1. The highest BCUT2D eigenvalue weighted by Crippen LogP contribution is 2.50. The summed E-state index contributed by atoms with van der Waals surface area (Å²) in [6.07, 6.45) is 1.93. The van der Waals surface area contributed by atoms with Crippen molar-refractivity contribution in [3.8, 4) is 39.6 Å². The zero-order valence-corrected chi connectivity index (χ0v) is 42.9. The van der Waals surface area contributed by atoms with Gasteiger partial charge in [-0.2, -0.15) is 0 Å². The summed E-state index contributed by atoms with van der Waals surface area (Å²) < 4.78 is 9.36. The fourth-order valence-corrected chi connectivity index (χ4v) is 10.3. The number of hydrogen-bond donors (Lipinski definition) is 0. The summed E-state index contributed by atoms with van der Waals surface area (Å²) in [6, 6.07) is 51.0. The minimum atomic E-state index is -0.191. The molecule has 0 bridgehead atoms. The number of benzene rings is 6. The van der Waals surface area contributed by atoms with Gasteiger partial charge in [0.05, 0.1) is 17.7 Å². The van der Waals surface area contributed by atoms with Crippen molar-refractivity contribution < 1.29 is 4.74 Å². The van der Waals surface area contributed by atoms with Crippen LogP contribution in [-0.2, 0) is 5.41 Å². The lowest BCUT2D eigenvalue weighted by atomic mass is 9.81. The monoisotopic (exact) mass is 899 g/mol. The van der Waals surface area contributed by atoms with Crippen molar-refractivity contribution in [3.05, 3.63) is 179 Å². The van der Waals surface area contributed by atoms with E-state index >= 15 is 0 Å². The second kappa shape index (κ2) is 17.5. The lowest BCUT2D eigenvalue weighted by Gasteiger charge is -2.34. The van der Waals surface area contributed by atoms with Gasteiger partial charge >= 0.3 is 0 Å². The van der Waals surface area contributed by atoms with E-state index in [-0.39, 0.29) is 16.2 Å². The quantitative estimate of drug-likeness (QED) is 0.145. The number of fused-ring (bicyclic) bond motifs is 3. The second-order valence-corrected chi connectivity index (χ2v) is 22.7. The third-order valence-electron chi connectivity index (χ3n) is 13.6. The molecule has 0 radical (unpaired) electrons. The summed E-state index contributed by atoms with van der Waals surface area (Å²) >= 11 is 0. The lowest BCUT2D eigenvalue weighted by Crippen LogP contribution is -2.31. The molecule has 0 saturated heterocycles. The van der Waals surface area contributed by atoms with Gasteiger partial charge in [0.2, 0.25) is 0 Å². The first kappa shape index (κ1) is 46.5. The van der Waals surface area contributed by atoms with Crippen molar-refractivity contribution in [2.24, 2.45) is 10.8 Å². The largest absolute Gasteiger partial charge is 0.457 e. The number of allylic oxidation sites excluding steroid dienone is 2. The zero-order valence-electron chi connectivity index (χ0n) is 42.9. The summed E-state index contributed by atoms with van der Waals surface area (Å²) in [5.41, 5.74) is 17.0. The Hall–Kier alpha value is -6.59. The average molecular weight is 899 g/mol. The summed E-state index contributed by atoms with van der Waals surface area (Å²) in [7, 11) is 0. The highest BCUT2D eigenvalue weighted by atomic mass is 16.5. The van der Waals surface area contributed by atoms with Gasteiger partial charge in [-0.25, -0.2) is 4.98 Å². The van der Waals surface area contributed by atoms with Crippen LogP contribution in [0, 0.1) is 17.8 Å². The van der Waals surface area contributed by atoms with Crippen LogP contribution in [-0.4, -0.2) is 16.2 Å². The van der Waals surface area contributed by atoms with Gasteiger partial charge in [0.15, 0.2) is 0 Å². The van der Waals surface area contributed by atoms with Crippen LogP contribution in [0.2, 0.25) is 0 Å². The molecule has 9 rings (SSSR count). The van der Waals surface area contributed by atoms with Gasteiger partial charge in [-0.3, -0.25) is 4.57 Å². The Morgan fingerprint density at radius 1 is 0.515 bits per heavy atom. The molecule has 348 valence electrons. The van der Waals surface area contributed by atoms with E-state index in [0.29, 0.717) is 18.5 Å². The number of hydrogen-bond acceptors (Lipinski definition) is 4. The summed E-state index contributed by atoms with van der Waals surface area (Å²) in [5.74, 6) is 3.31. The van der Waals surface area contributed by atoms with Crippen LogP contribution in [0.5, 0.6) is 11.5 Å². The molecule has 1 aliphatic heterocycles. The highest BCUT2D eigenvalue weighted by Gasteiger charge is 2.42. The van der Waals surface area contributed by atoms with Crippen LogP contribution in [0.3, 0.4) is 0 Å². The van der Waals surface area contributed by atoms with Crippen LogP contribution in [0.4, 0.5) is 11.4 Å². The highest BCUT2D eigenvalue weighted by molar-refractivity contribution is 6.09. The second-order valence-electron chi connectivity index (χ2n) is 22.7. The summed E-state index contributed by atoms with van der Waals surface area (Å²) in [4.78, 5) is 10.1. The Labute approximate surface area is 406 Å². The van der Waals surface area contributed by atoms with Gasteiger partial charge in [0.25, 0.3) is 0 Å². The van der Waals surface area contributed by atoms with Crippen LogP contribution < -0.4 is 14.5 Å². The maximum atomic E-state index is 7.08. The molecule has 0 fully saturated rings. The molecule has 5 heteroatoms. The first-order chi connectivity index (χ1) is 32.2. The van der Waals surface area contributed by atoms with Crippen LogP contribution in [0.15, 0.2) is 157 Å². The average Bonchev–Trinajstić information content (AvgIpc) is 3.87. The Kier molecular flexibility index (Phi) is 12.0. The maximum absolute atomic E-state index is 7.08. The maximum Gasteiger partial charge on any atom is 0.137 e. The number of rotatable bonds is 9. The van der Waals surface area contributed by atoms with Gasteiger partial charge in [-0.1, -0.05) is 163 Å². The van der Waals surface area contributed by atoms with Crippen molar-refractivity contribution >= 4 is 33.2 Å². The summed E-state index contributed by atoms with van der Waals surface area (Å²) in [6.45, 7) is 33.1. The molecule has 68 heavy (non-hydrogen) atoms. The fraction of sp³-hybridized carbons (Fsp3) is 0.317. The molecule has 5 nitrogen and oxygen atoms in total. The Morgan fingerprint density at radius 3 is 1.84 bits per heavy atom. The van der Waals surface area contributed by atoms with E-state index in [1.807, 2.05) is 6.20 Å². The van der Waals surface area contributed by atoms with Gasteiger partial charge in [-0.15, -0.1) is 0 Å². The van der Waals surface area contributed by atoms with Crippen molar-refractivity contribution in [2.45, 2.75) is 114 Å². The Balaban J connectivity index is 1.18. The van der Waals surface area contributed by atoms with Gasteiger partial charge in [0, 0.05) is 62.7 Å². The molecule has 2 aromatic heterocycles. The molecule has 0 unspecified atom stereocenters. The predicted molar refractivity (Wildman–Crippen MR) is 290 cm³/mol. The minimum Gasteiger partial charge on any atom is -0.457 e. The normalized spacial score (nSPS) is 13.8. The van der Waals surface area contributed by atoms with E-state index in [2.05, 4.69) is 251 Å². The van der Waals surface area contributed by atoms with Crippen molar-refractivity contribution in [1.29, 1.82) is 0 Å². The topological polar surface area (TPSA) is 33.5 Å². The van der Waals surface area contributed by atoms with E-state index in [1.54, 1.807) is 0 Å². The molecule has 1 aliphatic rings. The predicted octanol–water partition coefficient (Wildman–Crippen LogP) is 17.7. The van der Waals surface area contributed by atoms with E-state index in [0.717, 1.165) is 50.6 Å². The molecule has 0 atom stereocenters. The number of para-hydroxylation sites is 1. The molecule has 8 aromatic rings. The molecule has 0 amide bonds. The van der Waals surface area contributed by atoms with Crippen molar-refractivity contribution in [1.82, 2.24) is 9.55 Å². The third kappa shape index (κ3) is 8.84. The SMILES string of the molecule is Cc1cc(C(C)C)cc(C(C)C)c1-c1cccc(N2CN(c3cc(Oc4ccc5c6ccccc6n(-c6cc(C(C)(C)C)ccn6)c5c4)cc(-c4ccccc4)c3)C(C(C)(C)C)=C2C(C)(C)C)c1. The molecule has 0 N–H and O–H groups in total. The third-order valence-corrected chi connectivity index (χ3v) is 13.6. The number of ether oxygens (including phenoxy) is 1. The van der Waals surface area contributed by atoms with Crippen LogP contribution >= 0.6 is 0 Å². The van der Waals surface area contributed by atoms with Crippen LogP contribution in [0.1, 0.15) is 124 Å². The van der Waals surface area contributed by atoms with E-state index in [9.17, 15) is 0 Å². The lowest BCUT2D eigenvalue weighted by molar-refractivity contribution is 0.444. The Morgan fingerprint density at radius 2 is 1.16 bits per heavy atom. The van der Waals surface area contributed by atoms with Crippen molar-refractivity contribution in [2.75, 3.05) is 16.5 Å². The minimum absolute atomic E-state index is 0.0188. The molecule has 0 aliphatic carbocycles.